The third-order valence-electron chi connectivity index (χ3n) is 6.43. The summed E-state index contributed by atoms with van der Waals surface area (Å²) in [6.45, 7) is 9.37. The molecule has 142 valence electrons. The molecule has 1 aliphatic carbocycles. The van der Waals surface area contributed by atoms with Gasteiger partial charge in [-0.25, -0.2) is 0 Å². The van der Waals surface area contributed by atoms with E-state index in [1.54, 1.807) is 5.57 Å². The van der Waals surface area contributed by atoms with Crippen LogP contribution in [0.1, 0.15) is 82.6 Å². The molecule has 1 heterocycles. The van der Waals surface area contributed by atoms with E-state index >= 15 is 0 Å². The lowest BCUT2D eigenvalue weighted by Crippen LogP contribution is -2.08. The van der Waals surface area contributed by atoms with Crippen molar-refractivity contribution in [3.05, 3.63) is 40.8 Å². The summed E-state index contributed by atoms with van der Waals surface area (Å²) in [5, 5.41) is 1.41. The molecule has 0 saturated carbocycles. The fourth-order valence-corrected chi connectivity index (χ4v) is 5.34. The summed E-state index contributed by atoms with van der Waals surface area (Å²) in [6.07, 6.45) is 13.5. The van der Waals surface area contributed by atoms with Gasteiger partial charge >= 0.3 is 0 Å². The van der Waals surface area contributed by atoms with E-state index in [0.29, 0.717) is 0 Å². The fraction of sp³-hybridized carbons (Fsp3) is 0.600. The summed E-state index contributed by atoms with van der Waals surface area (Å²) in [4.78, 5) is 1.51. The van der Waals surface area contributed by atoms with E-state index in [-0.39, 0.29) is 0 Å². The van der Waals surface area contributed by atoms with Gasteiger partial charge in [-0.15, -0.1) is 11.3 Å². The summed E-state index contributed by atoms with van der Waals surface area (Å²) in [7, 11) is 0. The second kappa shape index (κ2) is 9.22. The highest BCUT2D eigenvalue weighted by atomic mass is 32.1. The predicted octanol–water partition coefficient (Wildman–Crippen LogP) is 8.64. The first kappa shape index (κ1) is 19.7. The van der Waals surface area contributed by atoms with Gasteiger partial charge in [-0.05, 0) is 79.0 Å². The van der Waals surface area contributed by atoms with Crippen molar-refractivity contribution in [2.45, 2.75) is 79.1 Å². The van der Waals surface area contributed by atoms with Gasteiger partial charge in [0.25, 0.3) is 0 Å². The maximum Gasteiger partial charge on any atom is 0.0351 e. The Morgan fingerprint density at radius 3 is 2.62 bits per heavy atom. The van der Waals surface area contributed by atoms with E-state index in [1.807, 2.05) is 11.3 Å². The zero-order chi connectivity index (χ0) is 18.5. The number of hydrogen-bond donors (Lipinski definition) is 0. The molecule has 26 heavy (non-hydrogen) atoms. The molecule has 0 spiro atoms. The second-order valence-corrected chi connectivity index (χ2v) is 9.88. The summed E-state index contributed by atoms with van der Waals surface area (Å²) in [5.41, 5.74) is 2.97. The number of thiophene rings is 1. The Morgan fingerprint density at radius 1 is 1.08 bits per heavy atom. The average molecular weight is 369 g/mol. The van der Waals surface area contributed by atoms with Crippen molar-refractivity contribution in [2.24, 2.45) is 17.8 Å². The topological polar surface area (TPSA) is 0 Å². The van der Waals surface area contributed by atoms with E-state index < -0.39 is 0 Å². The molecule has 0 bridgehead atoms. The van der Waals surface area contributed by atoms with E-state index in [2.05, 4.69) is 58.0 Å². The molecule has 0 aliphatic heterocycles. The van der Waals surface area contributed by atoms with Gasteiger partial charge in [-0.1, -0.05) is 64.7 Å². The Bertz CT molecular complexity index is 736. The van der Waals surface area contributed by atoms with E-state index in [1.165, 1.54) is 71.9 Å². The normalized spacial score (nSPS) is 20.2. The molecule has 0 fully saturated rings. The third kappa shape index (κ3) is 5.22. The number of allylic oxidation sites excluding steroid dienone is 2. The quantitative estimate of drug-likeness (QED) is 0.437. The van der Waals surface area contributed by atoms with Crippen LogP contribution in [0.3, 0.4) is 0 Å². The molecule has 0 N–H and O–H groups in total. The molecule has 2 aromatic rings. The number of fused-ring (bicyclic) bond motifs is 1. The highest BCUT2D eigenvalue weighted by molar-refractivity contribution is 7.20. The largest absolute Gasteiger partial charge is 0.136 e. The lowest BCUT2D eigenvalue weighted by molar-refractivity contribution is 0.352. The van der Waals surface area contributed by atoms with Gasteiger partial charge in [0.15, 0.2) is 0 Å². The molecule has 0 saturated heterocycles. The molecule has 3 rings (SSSR count). The van der Waals surface area contributed by atoms with Crippen molar-refractivity contribution in [3.8, 4) is 0 Å². The third-order valence-corrected chi connectivity index (χ3v) is 7.60. The van der Waals surface area contributed by atoms with Crippen molar-refractivity contribution in [3.63, 3.8) is 0 Å². The monoisotopic (exact) mass is 368 g/mol. The highest BCUT2D eigenvalue weighted by Gasteiger charge is 2.18. The molecule has 0 nitrogen and oxygen atoms in total. The number of benzene rings is 1. The molecular weight excluding hydrogens is 332 g/mol. The minimum atomic E-state index is 0.903. The summed E-state index contributed by atoms with van der Waals surface area (Å²) < 4.78 is 1.44. The van der Waals surface area contributed by atoms with E-state index in [0.717, 1.165) is 17.8 Å². The smallest absolute Gasteiger partial charge is 0.0351 e. The van der Waals surface area contributed by atoms with Gasteiger partial charge in [-0.3, -0.25) is 0 Å². The molecule has 1 aromatic carbocycles. The van der Waals surface area contributed by atoms with Gasteiger partial charge < -0.3 is 0 Å². The van der Waals surface area contributed by atoms with Crippen LogP contribution in [0.25, 0.3) is 15.7 Å². The fourth-order valence-electron chi connectivity index (χ4n) is 4.11. The maximum atomic E-state index is 2.55. The summed E-state index contributed by atoms with van der Waals surface area (Å²) in [6, 6.07) is 9.24. The van der Waals surface area contributed by atoms with Crippen LogP contribution < -0.4 is 0 Å². The number of hydrogen-bond acceptors (Lipinski definition) is 1. The van der Waals surface area contributed by atoms with Crippen LogP contribution in [-0.2, 0) is 0 Å². The Balaban J connectivity index is 1.50. The highest BCUT2D eigenvalue weighted by Crippen LogP contribution is 2.38. The first-order chi connectivity index (χ1) is 12.5. The zero-order valence-corrected chi connectivity index (χ0v) is 18.0. The first-order valence-electron chi connectivity index (χ1n) is 10.7. The maximum absolute atomic E-state index is 2.55. The van der Waals surface area contributed by atoms with Crippen LogP contribution in [-0.4, -0.2) is 0 Å². The first-order valence-corrected chi connectivity index (χ1v) is 11.6. The summed E-state index contributed by atoms with van der Waals surface area (Å²) in [5.74, 6) is 2.73. The molecule has 1 aromatic heterocycles. The van der Waals surface area contributed by atoms with Gasteiger partial charge in [0, 0.05) is 9.58 Å². The molecule has 3 unspecified atom stereocenters. The van der Waals surface area contributed by atoms with Crippen LogP contribution >= 0.6 is 11.3 Å². The van der Waals surface area contributed by atoms with Crippen LogP contribution in [0.15, 0.2) is 30.3 Å². The standard InChI is InChI=1S/C25H36S/c1-5-18(2)6-7-19(3)8-10-21-11-14-22(15-12-21)25-17-23-13-9-20(4)16-24(23)26-25/h9,13-14,16-19,21H,5-8,10-12,15H2,1-4H3. The molecule has 0 radical (unpaired) electrons. The number of aryl methyl sites for hydroxylation is 1. The molecular formula is C25H36S. The Morgan fingerprint density at radius 2 is 1.88 bits per heavy atom. The SMILES string of the molecule is CCC(C)CCC(C)CCC1CC=C(c2cc3ccc(C)cc3s2)CC1. The van der Waals surface area contributed by atoms with Crippen LogP contribution in [0.5, 0.6) is 0 Å². The Labute approximate surface area is 164 Å². The van der Waals surface area contributed by atoms with Gasteiger partial charge in [0.2, 0.25) is 0 Å². The number of rotatable bonds is 8. The molecule has 1 heteroatoms. The zero-order valence-electron chi connectivity index (χ0n) is 17.2. The molecule has 3 atom stereocenters. The van der Waals surface area contributed by atoms with Crippen molar-refractivity contribution < 1.29 is 0 Å². The van der Waals surface area contributed by atoms with E-state index in [4.69, 9.17) is 0 Å². The Hall–Kier alpha value is -1.08. The Kier molecular flexibility index (Phi) is 6.98. The summed E-state index contributed by atoms with van der Waals surface area (Å²) >= 11 is 1.98. The van der Waals surface area contributed by atoms with Crippen molar-refractivity contribution in [1.82, 2.24) is 0 Å². The van der Waals surface area contributed by atoms with Gasteiger partial charge in [0.05, 0.1) is 0 Å². The molecule has 1 aliphatic rings. The molecule has 0 amide bonds. The van der Waals surface area contributed by atoms with Crippen LogP contribution in [0, 0.1) is 24.7 Å². The lowest BCUT2D eigenvalue weighted by atomic mass is 9.83. The predicted molar refractivity (Wildman–Crippen MR) is 119 cm³/mol. The lowest BCUT2D eigenvalue weighted by Gasteiger charge is -2.23. The second-order valence-electron chi connectivity index (χ2n) is 8.79. The van der Waals surface area contributed by atoms with Gasteiger partial charge in [0.1, 0.15) is 0 Å². The van der Waals surface area contributed by atoms with Crippen molar-refractivity contribution >= 4 is 27.0 Å². The van der Waals surface area contributed by atoms with Crippen molar-refractivity contribution in [1.29, 1.82) is 0 Å². The minimum absolute atomic E-state index is 0.903. The van der Waals surface area contributed by atoms with Crippen LogP contribution in [0.2, 0.25) is 0 Å². The van der Waals surface area contributed by atoms with Crippen molar-refractivity contribution in [2.75, 3.05) is 0 Å². The van der Waals surface area contributed by atoms with E-state index in [9.17, 15) is 0 Å². The van der Waals surface area contributed by atoms with Gasteiger partial charge in [-0.2, -0.15) is 0 Å². The van der Waals surface area contributed by atoms with Crippen LogP contribution in [0.4, 0.5) is 0 Å². The minimum Gasteiger partial charge on any atom is -0.136 e. The average Bonchev–Trinajstić information content (AvgIpc) is 3.07.